The molecule has 3 aromatic rings. The first-order valence-corrected chi connectivity index (χ1v) is 5.91. The average Bonchev–Trinajstić information content (AvgIpc) is 2.82. The molecule has 0 aliphatic rings. The van der Waals surface area contributed by atoms with Crippen molar-refractivity contribution in [1.29, 1.82) is 0 Å². The summed E-state index contributed by atoms with van der Waals surface area (Å²) >= 11 is 0. The minimum absolute atomic E-state index is 0.714. The number of hydrogen-bond acceptors (Lipinski definition) is 2. The van der Waals surface area contributed by atoms with Gasteiger partial charge in [0.15, 0.2) is 11.5 Å². The van der Waals surface area contributed by atoms with Crippen LogP contribution in [0.15, 0.2) is 59.5 Å². The van der Waals surface area contributed by atoms with Gasteiger partial charge in [-0.2, -0.15) is 0 Å². The van der Waals surface area contributed by atoms with E-state index in [1.807, 2.05) is 42.5 Å². The van der Waals surface area contributed by atoms with Gasteiger partial charge in [-0.1, -0.05) is 49.1 Å². The zero-order valence-electron chi connectivity index (χ0n) is 9.97. The molecule has 0 fully saturated rings. The molecule has 2 nitrogen and oxygen atoms in total. The third kappa shape index (κ3) is 2.05. The van der Waals surface area contributed by atoms with Crippen LogP contribution in [0.1, 0.15) is 17.0 Å². The maximum absolute atomic E-state index is 5.70. The smallest absolute Gasteiger partial charge is 0.199 e. The molecule has 18 heavy (non-hydrogen) atoms. The fourth-order valence-corrected chi connectivity index (χ4v) is 1.94. The van der Waals surface area contributed by atoms with Crippen LogP contribution >= 0.6 is 0 Å². The van der Waals surface area contributed by atoms with E-state index in [-0.39, 0.29) is 0 Å². The van der Waals surface area contributed by atoms with Gasteiger partial charge < -0.3 is 4.42 Å². The number of hydrogen-bond donors (Lipinski definition) is 0. The molecular weight excluding hydrogens is 222 g/mol. The largest absolute Gasteiger partial charge is 0.440 e. The zero-order chi connectivity index (χ0) is 12.4. The minimum atomic E-state index is 0.714. The highest BCUT2D eigenvalue weighted by Gasteiger charge is 2.05. The zero-order valence-corrected chi connectivity index (χ0v) is 9.97. The van der Waals surface area contributed by atoms with Gasteiger partial charge >= 0.3 is 0 Å². The van der Waals surface area contributed by atoms with E-state index in [0.717, 1.165) is 22.6 Å². The molecule has 0 spiro atoms. The molecule has 0 atom stereocenters. The maximum Gasteiger partial charge on any atom is 0.199 e. The van der Waals surface area contributed by atoms with E-state index in [2.05, 4.69) is 23.7 Å². The van der Waals surface area contributed by atoms with Crippen molar-refractivity contribution < 1.29 is 4.42 Å². The first-order valence-electron chi connectivity index (χ1n) is 5.91. The maximum atomic E-state index is 5.70. The summed E-state index contributed by atoms with van der Waals surface area (Å²) in [6.07, 6.45) is 2.55. The highest BCUT2D eigenvalue weighted by molar-refractivity contribution is 5.72. The Bertz CT molecular complexity index is 647. The molecule has 1 heterocycles. The van der Waals surface area contributed by atoms with Gasteiger partial charge in [0.2, 0.25) is 0 Å². The van der Waals surface area contributed by atoms with Gasteiger partial charge in [0.1, 0.15) is 5.52 Å². The number of fused-ring (bicyclic) bond motifs is 1. The van der Waals surface area contributed by atoms with Crippen LogP contribution in [0.2, 0.25) is 0 Å². The molecule has 0 aliphatic carbocycles. The summed E-state index contributed by atoms with van der Waals surface area (Å²) < 4.78 is 5.70. The van der Waals surface area contributed by atoms with Gasteiger partial charge in [0, 0.05) is 6.42 Å². The lowest BCUT2D eigenvalue weighted by Crippen LogP contribution is -1.87. The Kier molecular flexibility index (Phi) is 2.69. The molecule has 0 aliphatic heterocycles. The summed E-state index contributed by atoms with van der Waals surface area (Å²) in [7, 11) is 0. The highest BCUT2D eigenvalue weighted by atomic mass is 16.3. The Balaban J connectivity index is 1.88. The van der Waals surface area contributed by atoms with Crippen molar-refractivity contribution in [1.82, 2.24) is 4.98 Å². The summed E-state index contributed by atoms with van der Waals surface area (Å²) in [5, 5.41) is 0. The van der Waals surface area contributed by atoms with E-state index in [4.69, 9.17) is 4.42 Å². The normalized spacial score (nSPS) is 10.7. The molecule has 2 heteroatoms. The van der Waals surface area contributed by atoms with Crippen LogP contribution in [0, 0.1) is 0 Å². The molecular formula is C16H13NO. The number of benzene rings is 2. The molecule has 2 aromatic carbocycles. The SMILES string of the molecule is C=Cc1ccc(Cc2nc3ccccc3o2)cc1. The topological polar surface area (TPSA) is 26.0 Å². The molecule has 1 aromatic heterocycles. The van der Waals surface area contributed by atoms with Crippen molar-refractivity contribution in [3.63, 3.8) is 0 Å². The number of para-hydroxylation sites is 2. The second-order valence-electron chi connectivity index (χ2n) is 4.20. The molecule has 0 amide bonds. The molecule has 3 rings (SSSR count). The third-order valence-electron chi connectivity index (χ3n) is 2.91. The Morgan fingerprint density at radius 3 is 2.56 bits per heavy atom. The van der Waals surface area contributed by atoms with Gasteiger partial charge in [0.05, 0.1) is 0 Å². The first-order chi connectivity index (χ1) is 8.85. The quantitative estimate of drug-likeness (QED) is 0.684. The standard InChI is InChI=1S/C16H13NO/c1-2-12-7-9-13(10-8-12)11-16-17-14-5-3-4-6-15(14)18-16/h2-10H,1,11H2. The number of oxazole rings is 1. The van der Waals surface area contributed by atoms with Crippen LogP contribution < -0.4 is 0 Å². The molecule has 0 saturated carbocycles. The lowest BCUT2D eigenvalue weighted by Gasteiger charge is -1.98. The second kappa shape index (κ2) is 4.49. The Morgan fingerprint density at radius 1 is 1.06 bits per heavy atom. The van der Waals surface area contributed by atoms with Crippen molar-refractivity contribution in [2.75, 3.05) is 0 Å². The van der Waals surface area contributed by atoms with Crippen LogP contribution in [-0.2, 0) is 6.42 Å². The Morgan fingerprint density at radius 2 is 1.83 bits per heavy atom. The molecule has 88 valence electrons. The van der Waals surface area contributed by atoms with E-state index in [0.29, 0.717) is 6.42 Å². The molecule has 0 bridgehead atoms. The lowest BCUT2D eigenvalue weighted by molar-refractivity contribution is 0.544. The monoisotopic (exact) mass is 235 g/mol. The fourth-order valence-electron chi connectivity index (χ4n) is 1.94. The summed E-state index contributed by atoms with van der Waals surface area (Å²) in [5.41, 5.74) is 4.06. The third-order valence-corrected chi connectivity index (χ3v) is 2.91. The Hall–Kier alpha value is -2.35. The molecule has 0 saturated heterocycles. The van der Waals surface area contributed by atoms with Crippen LogP contribution in [0.4, 0.5) is 0 Å². The van der Waals surface area contributed by atoms with Crippen molar-refractivity contribution in [2.45, 2.75) is 6.42 Å². The first kappa shape index (κ1) is 10.8. The Labute approximate surface area is 106 Å². The van der Waals surface area contributed by atoms with Gasteiger partial charge in [-0.25, -0.2) is 4.98 Å². The summed E-state index contributed by atoms with van der Waals surface area (Å²) in [6.45, 7) is 3.74. The summed E-state index contributed by atoms with van der Waals surface area (Å²) in [6, 6.07) is 16.1. The van der Waals surface area contributed by atoms with Crippen molar-refractivity contribution in [3.8, 4) is 0 Å². The van der Waals surface area contributed by atoms with Crippen molar-refractivity contribution >= 4 is 17.2 Å². The lowest BCUT2D eigenvalue weighted by atomic mass is 10.1. The van der Waals surface area contributed by atoms with Crippen LogP contribution in [0.5, 0.6) is 0 Å². The molecule has 0 radical (unpaired) electrons. The van der Waals surface area contributed by atoms with Crippen LogP contribution in [0.3, 0.4) is 0 Å². The van der Waals surface area contributed by atoms with Crippen molar-refractivity contribution in [2.24, 2.45) is 0 Å². The van der Waals surface area contributed by atoms with E-state index >= 15 is 0 Å². The van der Waals surface area contributed by atoms with E-state index in [1.54, 1.807) is 0 Å². The minimum Gasteiger partial charge on any atom is -0.440 e. The van der Waals surface area contributed by atoms with Gasteiger partial charge in [-0.05, 0) is 23.3 Å². The van der Waals surface area contributed by atoms with E-state index < -0.39 is 0 Å². The number of rotatable bonds is 3. The van der Waals surface area contributed by atoms with Gasteiger partial charge in [-0.15, -0.1) is 0 Å². The summed E-state index contributed by atoms with van der Waals surface area (Å²) in [5.74, 6) is 0.752. The second-order valence-corrected chi connectivity index (χ2v) is 4.20. The number of aromatic nitrogens is 1. The van der Waals surface area contributed by atoms with Crippen LogP contribution in [-0.4, -0.2) is 4.98 Å². The number of nitrogens with zero attached hydrogens (tertiary/aromatic N) is 1. The van der Waals surface area contributed by atoms with Crippen molar-refractivity contribution in [3.05, 3.63) is 72.1 Å². The fraction of sp³-hybridized carbons (Fsp3) is 0.0625. The van der Waals surface area contributed by atoms with Gasteiger partial charge in [-0.3, -0.25) is 0 Å². The molecule has 0 N–H and O–H groups in total. The van der Waals surface area contributed by atoms with E-state index in [1.165, 1.54) is 5.56 Å². The highest BCUT2D eigenvalue weighted by Crippen LogP contribution is 2.17. The predicted octanol–water partition coefficient (Wildman–Crippen LogP) is 4.06. The average molecular weight is 235 g/mol. The van der Waals surface area contributed by atoms with Crippen LogP contribution in [0.25, 0.3) is 17.2 Å². The summed E-state index contributed by atoms with van der Waals surface area (Å²) in [4.78, 5) is 4.46. The van der Waals surface area contributed by atoms with Gasteiger partial charge in [0.25, 0.3) is 0 Å². The molecule has 0 unspecified atom stereocenters. The van der Waals surface area contributed by atoms with E-state index in [9.17, 15) is 0 Å². The predicted molar refractivity (Wildman–Crippen MR) is 73.3 cm³/mol.